The zero-order valence-corrected chi connectivity index (χ0v) is 75.9. The van der Waals surface area contributed by atoms with Crippen LogP contribution in [0, 0.1) is 0 Å². The molecule has 6 heterocycles. The van der Waals surface area contributed by atoms with Crippen LogP contribution in [0.5, 0.6) is 0 Å². The average molecular weight is 1800 g/mol. The molecule has 29 rings (SSSR count). The Kier molecular flexibility index (Phi) is 20.6. The summed E-state index contributed by atoms with van der Waals surface area (Å²) in [6.07, 6.45) is 10.0. The molecule has 0 aliphatic rings. The Bertz CT molecular complexity index is 9570. The first-order chi connectivity index (χ1) is 69.9. The number of fused-ring (bicyclic) bond motifs is 27. The third-order valence-electron chi connectivity index (χ3n) is 27.3. The van der Waals surface area contributed by atoms with E-state index < -0.39 is 0 Å². The highest BCUT2D eigenvalue weighted by Crippen LogP contribution is 2.46. The Morgan fingerprint density at radius 1 is 0.142 bits per heavy atom. The Morgan fingerprint density at radius 2 is 0.411 bits per heavy atom. The normalized spacial score (nSPS) is 11.5. The first-order valence-electron chi connectivity index (χ1n) is 47.1. The summed E-state index contributed by atoms with van der Waals surface area (Å²) in [4.78, 5) is 41.4. The highest BCUT2D eigenvalue weighted by molar-refractivity contribution is 6.30. The van der Waals surface area contributed by atoms with E-state index in [2.05, 4.69) is 376 Å². The van der Waals surface area contributed by atoms with E-state index in [1.807, 2.05) is 116 Å². The largest absolute Gasteiger partial charge is 0.443 e. The summed E-state index contributed by atoms with van der Waals surface area (Å²) in [5, 5.41) is 29.8. The molecular weight excluding hydrogens is 1720 g/mol. The van der Waals surface area contributed by atoms with Gasteiger partial charge < -0.3 is 13.3 Å². The Labute approximate surface area is 808 Å². The molecule has 0 aliphatic carbocycles. The van der Waals surface area contributed by atoms with Gasteiger partial charge in [-0.05, 0) is 259 Å². The molecule has 12 heteroatoms. The fourth-order valence-electron chi connectivity index (χ4n) is 20.5. The van der Waals surface area contributed by atoms with Crippen LogP contribution < -0.4 is 0 Å². The monoisotopic (exact) mass is 1800 g/mol. The number of para-hydroxylation sites is 1. The number of hydrogen-bond acceptors (Lipinski definition) is 12. The third kappa shape index (κ3) is 15.2. The molecule has 0 saturated heterocycles. The minimum absolute atomic E-state index is 0.716. The van der Waals surface area contributed by atoms with Gasteiger partial charge in [0.05, 0.1) is 17.1 Å². The van der Waals surface area contributed by atoms with Crippen LogP contribution in [0.15, 0.2) is 494 Å². The molecule has 141 heavy (non-hydrogen) atoms. The molecule has 0 saturated carbocycles. The van der Waals surface area contributed by atoms with Gasteiger partial charge in [-0.3, -0.25) is 0 Å². The van der Waals surface area contributed by atoms with Gasteiger partial charge in [-0.25, -0.2) is 44.9 Å². The predicted octanol–water partition coefficient (Wildman–Crippen LogP) is 34.0. The zero-order chi connectivity index (χ0) is 93.2. The van der Waals surface area contributed by atoms with Crippen molar-refractivity contribution in [3.05, 3.63) is 481 Å². The Balaban J connectivity index is 0.0000000972. The standard InChI is InChI=1S/C38H24N4.C32H18N2O2.C31H19NO.C28H18N2/c1-3-9-25(10-4-1)35-19-21-39-37(41-35)27-15-17-31-32-18-16-28(24-34(32)30-14-8-7-13-29(30)33(31)23-27)38-40-22-20-36(42-38)26-11-5-2-6-12-26;1-2-4-24-23(3-1)27-13-19(21-8-12-31-30(15-21)34-18-35-31)5-9-25(27)26-10-6-20(14-28(24)26)22-7-11-29-32(16-22)36-17-33-29;1-2-7-20(8-3-1)21-13-15-26-27-16-14-22(23-11-6-12-30-31(23)33-19-32-30)18-29(27)25-10-5-4-9-24(25)28(26)17-21;1-2-8-19(9-3-1)27-16-17-29-28(30-27)20-14-15-25-23-12-5-4-10-21(23)22-11-6-7-13-24(22)26(25)18-20/h1-24H;1-18H;1-19H;1-18H. The number of rotatable bonds is 10. The van der Waals surface area contributed by atoms with Gasteiger partial charge in [0, 0.05) is 57.5 Å². The minimum Gasteiger partial charge on any atom is -0.443 e. The molecule has 0 N–H and O–H groups in total. The average Bonchev–Trinajstić information content (AvgIpc) is 0.778. The van der Waals surface area contributed by atoms with Crippen LogP contribution in [0.1, 0.15) is 0 Å². The van der Waals surface area contributed by atoms with Crippen LogP contribution in [0.4, 0.5) is 0 Å². The highest BCUT2D eigenvalue weighted by Gasteiger charge is 2.21. The van der Waals surface area contributed by atoms with Crippen LogP contribution in [-0.2, 0) is 0 Å². The first kappa shape index (κ1) is 82.5. The van der Waals surface area contributed by atoms with Crippen molar-refractivity contribution in [3.63, 3.8) is 0 Å². The minimum atomic E-state index is 0.716. The van der Waals surface area contributed by atoms with Gasteiger partial charge in [0.25, 0.3) is 0 Å². The maximum absolute atomic E-state index is 5.72. The van der Waals surface area contributed by atoms with Crippen molar-refractivity contribution >= 4 is 163 Å². The lowest BCUT2D eigenvalue weighted by atomic mass is 9.90. The first-order valence-corrected chi connectivity index (χ1v) is 47.1. The summed E-state index contributed by atoms with van der Waals surface area (Å²) >= 11 is 0. The number of oxazole rings is 3. The molecule has 29 aromatic rings. The topological polar surface area (TPSA) is 155 Å². The van der Waals surface area contributed by atoms with Gasteiger partial charge in [0.1, 0.15) is 16.6 Å². The molecule has 0 bridgehead atoms. The second-order valence-electron chi connectivity index (χ2n) is 35.4. The summed E-state index contributed by atoms with van der Waals surface area (Å²) in [6.45, 7) is 0. The fraction of sp³-hybridized carbons (Fsp3) is 0. The van der Waals surface area contributed by atoms with E-state index >= 15 is 0 Å². The van der Waals surface area contributed by atoms with Crippen molar-refractivity contribution in [2.24, 2.45) is 0 Å². The lowest BCUT2D eigenvalue weighted by Crippen LogP contribution is -1.93. The molecule has 12 nitrogen and oxygen atoms in total. The van der Waals surface area contributed by atoms with Gasteiger partial charge in [-0.15, -0.1) is 0 Å². The molecule has 23 aromatic carbocycles. The van der Waals surface area contributed by atoms with E-state index in [-0.39, 0.29) is 0 Å². The van der Waals surface area contributed by atoms with Crippen molar-refractivity contribution in [1.29, 1.82) is 0 Å². The fourth-order valence-corrected chi connectivity index (χ4v) is 20.5. The molecule has 0 aliphatic heterocycles. The summed E-state index contributed by atoms with van der Waals surface area (Å²) in [5.41, 5.74) is 23.3. The van der Waals surface area contributed by atoms with Crippen LogP contribution in [0.2, 0.25) is 0 Å². The SMILES string of the molecule is c1ccc(-c2ccc3c4ccc(-c5cccc6ncoc56)cc4c4ccccc4c3c2)cc1.c1ccc(-c2ccnc(-c3ccc4c5ccc(-c6nccc(-c7ccccc7)n6)cc5c5ccccc5c4c3)n2)cc1.c1ccc(-c2ccnc(-c3ccc4c5ccccc5c5ccccc5c4c3)n2)cc1.c1ccc2c(c1)c1cc(-c3ccc4ocnc4c3)ccc1c1ccc(-c3ccc4ncoc4c3)cc21. The van der Waals surface area contributed by atoms with Crippen LogP contribution in [-0.4, -0.2) is 44.9 Å². The van der Waals surface area contributed by atoms with Crippen molar-refractivity contribution in [3.8, 4) is 112 Å². The molecule has 658 valence electrons. The van der Waals surface area contributed by atoms with Crippen molar-refractivity contribution in [2.45, 2.75) is 0 Å². The van der Waals surface area contributed by atoms with Crippen LogP contribution in [0.3, 0.4) is 0 Å². The summed E-state index contributed by atoms with van der Waals surface area (Å²) < 4.78 is 16.7. The predicted molar refractivity (Wildman–Crippen MR) is 580 cm³/mol. The van der Waals surface area contributed by atoms with E-state index in [9.17, 15) is 0 Å². The summed E-state index contributed by atoms with van der Waals surface area (Å²) in [6, 6.07) is 155. The van der Waals surface area contributed by atoms with E-state index in [0.717, 1.165) is 123 Å². The molecule has 0 fully saturated rings. The van der Waals surface area contributed by atoms with Crippen molar-refractivity contribution < 1.29 is 13.3 Å². The quantitative estimate of drug-likeness (QED) is 0.120. The van der Waals surface area contributed by atoms with E-state index in [4.69, 9.17) is 28.2 Å². The Morgan fingerprint density at radius 3 is 0.801 bits per heavy atom. The molecule has 0 unspecified atom stereocenters. The number of nitrogens with zero attached hydrogens (tertiary/aromatic N) is 9. The summed E-state index contributed by atoms with van der Waals surface area (Å²) in [7, 11) is 0. The lowest BCUT2D eigenvalue weighted by Gasteiger charge is -2.13. The number of benzene rings is 23. The Hall–Kier alpha value is -19.2. The number of aromatic nitrogens is 9. The molecule has 0 radical (unpaired) electrons. The van der Waals surface area contributed by atoms with Crippen LogP contribution >= 0.6 is 0 Å². The molecule has 0 amide bonds. The van der Waals surface area contributed by atoms with Gasteiger partial charge in [-0.1, -0.05) is 352 Å². The maximum Gasteiger partial charge on any atom is 0.182 e. The zero-order valence-electron chi connectivity index (χ0n) is 75.9. The lowest BCUT2D eigenvalue weighted by molar-refractivity contribution is 0.602. The molecule has 0 spiro atoms. The molecular formula is C129H79N9O3. The van der Waals surface area contributed by atoms with Gasteiger partial charge in [-0.2, -0.15) is 0 Å². The molecule has 6 aromatic heterocycles. The van der Waals surface area contributed by atoms with E-state index in [0.29, 0.717) is 11.6 Å². The summed E-state index contributed by atoms with van der Waals surface area (Å²) in [5.74, 6) is 2.18. The smallest absolute Gasteiger partial charge is 0.182 e. The number of hydrogen-bond donors (Lipinski definition) is 0. The maximum atomic E-state index is 5.72. The molecule has 0 atom stereocenters. The van der Waals surface area contributed by atoms with E-state index in [1.165, 1.54) is 160 Å². The second-order valence-corrected chi connectivity index (χ2v) is 35.4. The van der Waals surface area contributed by atoms with Crippen molar-refractivity contribution in [1.82, 2.24) is 44.9 Å². The van der Waals surface area contributed by atoms with Crippen LogP contribution in [0.25, 0.3) is 275 Å². The third-order valence-corrected chi connectivity index (χ3v) is 27.3. The second kappa shape index (κ2) is 35.3. The van der Waals surface area contributed by atoms with Gasteiger partial charge in [0.2, 0.25) is 0 Å². The van der Waals surface area contributed by atoms with Gasteiger partial charge >= 0.3 is 0 Å². The van der Waals surface area contributed by atoms with Crippen molar-refractivity contribution in [2.75, 3.05) is 0 Å². The highest BCUT2D eigenvalue weighted by atomic mass is 16.3. The van der Waals surface area contributed by atoms with E-state index in [1.54, 1.807) is 0 Å². The van der Waals surface area contributed by atoms with Gasteiger partial charge in [0.15, 0.2) is 53.4 Å².